The number of hydrogen-bond donors (Lipinski definition) is 3. The lowest BCUT2D eigenvalue weighted by Crippen LogP contribution is -2.27. The molecule has 94 valence electrons. The van der Waals surface area contributed by atoms with Crippen molar-refractivity contribution in [1.82, 2.24) is 5.32 Å². The van der Waals surface area contributed by atoms with E-state index in [1.807, 2.05) is 0 Å². The molecule has 0 saturated heterocycles. The molecule has 0 fully saturated rings. The van der Waals surface area contributed by atoms with Crippen molar-refractivity contribution in [3.05, 3.63) is 38.3 Å². The maximum absolute atomic E-state index is 10.6. The largest absolute Gasteiger partial charge is 0.395 e. The van der Waals surface area contributed by atoms with Gasteiger partial charge in [-0.05, 0) is 11.6 Å². The minimum Gasteiger partial charge on any atom is -0.395 e. The average Bonchev–Trinajstić information content (AvgIpc) is 2.31. The number of nitro benzene ring substituents is 1. The first-order chi connectivity index (χ1) is 8.10. The Bertz CT molecular complexity index is 400. The van der Waals surface area contributed by atoms with Crippen molar-refractivity contribution < 1.29 is 15.1 Å². The van der Waals surface area contributed by atoms with E-state index >= 15 is 0 Å². The Morgan fingerprint density at radius 2 is 2.18 bits per heavy atom. The third kappa shape index (κ3) is 3.74. The van der Waals surface area contributed by atoms with E-state index in [0.717, 1.165) is 0 Å². The van der Waals surface area contributed by atoms with Gasteiger partial charge in [0.2, 0.25) is 0 Å². The number of rotatable bonds is 6. The number of benzene rings is 1. The van der Waals surface area contributed by atoms with Crippen molar-refractivity contribution in [3.8, 4) is 0 Å². The molecular formula is C10H13BrN2O4. The summed E-state index contributed by atoms with van der Waals surface area (Å²) in [6.45, 7) is 0.145. The number of non-ortho nitro benzene ring substituents is 1. The highest BCUT2D eigenvalue weighted by atomic mass is 79.9. The summed E-state index contributed by atoms with van der Waals surface area (Å²) in [6, 6.07) is 3.98. The van der Waals surface area contributed by atoms with Gasteiger partial charge in [0.15, 0.2) is 0 Å². The first-order valence-corrected chi connectivity index (χ1v) is 5.78. The van der Waals surface area contributed by atoms with Crippen molar-refractivity contribution in [1.29, 1.82) is 0 Å². The van der Waals surface area contributed by atoms with Gasteiger partial charge < -0.3 is 15.5 Å². The van der Waals surface area contributed by atoms with Crippen LogP contribution in [0.3, 0.4) is 0 Å². The summed E-state index contributed by atoms with van der Waals surface area (Å²) in [5.74, 6) is 0. The van der Waals surface area contributed by atoms with E-state index in [0.29, 0.717) is 16.6 Å². The van der Waals surface area contributed by atoms with Crippen molar-refractivity contribution in [2.24, 2.45) is 0 Å². The molecule has 0 unspecified atom stereocenters. The third-order valence-electron chi connectivity index (χ3n) is 2.26. The van der Waals surface area contributed by atoms with Crippen LogP contribution in [0.25, 0.3) is 0 Å². The Morgan fingerprint density at radius 1 is 1.47 bits per heavy atom. The minimum absolute atomic E-state index is 0.0144. The molecule has 0 spiro atoms. The van der Waals surface area contributed by atoms with Crippen LogP contribution >= 0.6 is 15.9 Å². The van der Waals surface area contributed by atoms with E-state index in [1.165, 1.54) is 12.1 Å². The van der Waals surface area contributed by atoms with Gasteiger partial charge in [0, 0.05) is 23.2 Å². The zero-order chi connectivity index (χ0) is 12.8. The second kappa shape index (κ2) is 6.65. The molecule has 0 amide bonds. The van der Waals surface area contributed by atoms with E-state index in [9.17, 15) is 15.2 Å². The number of nitrogens with zero attached hydrogens (tertiary/aromatic N) is 1. The van der Waals surface area contributed by atoms with E-state index in [2.05, 4.69) is 21.2 Å². The summed E-state index contributed by atoms with van der Waals surface area (Å²) < 4.78 is 0.552. The monoisotopic (exact) mass is 304 g/mol. The molecule has 0 bridgehead atoms. The molecule has 0 aliphatic rings. The molecular weight excluding hydrogens is 292 g/mol. The Morgan fingerprint density at radius 3 is 2.65 bits per heavy atom. The molecule has 3 N–H and O–H groups in total. The van der Waals surface area contributed by atoms with Crippen LogP contribution in [0.2, 0.25) is 0 Å². The average molecular weight is 305 g/mol. The van der Waals surface area contributed by atoms with Crippen molar-refractivity contribution in [3.63, 3.8) is 0 Å². The van der Waals surface area contributed by atoms with Crippen molar-refractivity contribution in [2.75, 3.05) is 19.8 Å². The van der Waals surface area contributed by atoms with Crippen LogP contribution in [0.1, 0.15) is 11.6 Å². The summed E-state index contributed by atoms with van der Waals surface area (Å²) in [7, 11) is 0. The standard InChI is InChI=1S/C10H13BrN2O4/c11-9-5-7(13(16)17)1-2-8(9)10(6-15)12-3-4-14/h1-2,5,10,12,14-15H,3-4,6H2/t10-/m1/s1. The van der Waals surface area contributed by atoms with Gasteiger partial charge in [-0.15, -0.1) is 0 Å². The van der Waals surface area contributed by atoms with E-state index in [1.54, 1.807) is 6.07 Å². The maximum Gasteiger partial charge on any atom is 0.270 e. The van der Waals surface area contributed by atoms with Crippen LogP contribution in [0.15, 0.2) is 22.7 Å². The highest BCUT2D eigenvalue weighted by molar-refractivity contribution is 9.10. The molecule has 0 heterocycles. The number of halogens is 1. The van der Waals surface area contributed by atoms with Crippen LogP contribution in [-0.4, -0.2) is 34.9 Å². The molecule has 7 heteroatoms. The van der Waals surface area contributed by atoms with Gasteiger partial charge in [0.05, 0.1) is 24.2 Å². The molecule has 1 atom stereocenters. The van der Waals surface area contributed by atoms with Gasteiger partial charge in [-0.3, -0.25) is 10.1 Å². The summed E-state index contributed by atoms with van der Waals surface area (Å²) in [4.78, 5) is 10.1. The number of nitrogens with one attached hydrogen (secondary N) is 1. The topological polar surface area (TPSA) is 95.6 Å². The Balaban J connectivity index is 2.92. The molecule has 0 radical (unpaired) electrons. The summed E-state index contributed by atoms with van der Waals surface area (Å²) in [5, 5.41) is 31.4. The SMILES string of the molecule is O=[N+]([O-])c1ccc([C@@H](CO)NCCO)c(Br)c1. The number of aliphatic hydroxyl groups excluding tert-OH is 2. The zero-order valence-corrected chi connectivity index (χ0v) is 10.6. The molecule has 0 aliphatic carbocycles. The predicted octanol–water partition coefficient (Wildman–Crippen LogP) is 0.973. The highest BCUT2D eigenvalue weighted by Gasteiger charge is 2.16. The Hall–Kier alpha value is -1.02. The number of hydrogen-bond acceptors (Lipinski definition) is 5. The fraction of sp³-hybridized carbons (Fsp3) is 0.400. The lowest BCUT2D eigenvalue weighted by molar-refractivity contribution is -0.384. The molecule has 0 saturated carbocycles. The van der Waals surface area contributed by atoms with E-state index in [4.69, 9.17) is 5.11 Å². The third-order valence-corrected chi connectivity index (χ3v) is 2.94. The summed E-state index contributed by atoms with van der Waals surface area (Å²) >= 11 is 3.23. The fourth-order valence-corrected chi connectivity index (χ4v) is 2.07. The summed E-state index contributed by atoms with van der Waals surface area (Å²) in [5.41, 5.74) is 0.700. The normalized spacial score (nSPS) is 12.4. The molecule has 17 heavy (non-hydrogen) atoms. The Labute approximate surface area is 107 Å². The molecule has 1 aromatic rings. The second-order valence-electron chi connectivity index (χ2n) is 3.38. The van der Waals surface area contributed by atoms with Gasteiger partial charge in [-0.1, -0.05) is 15.9 Å². The highest BCUT2D eigenvalue weighted by Crippen LogP contribution is 2.27. The Kier molecular flexibility index (Phi) is 5.49. The van der Waals surface area contributed by atoms with Gasteiger partial charge >= 0.3 is 0 Å². The minimum atomic E-state index is -0.482. The van der Waals surface area contributed by atoms with Crippen LogP contribution in [-0.2, 0) is 0 Å². The van der Waals surface area contributed by atoms with Gasteiger partial charge in [0.25, 0.3) is 5.69 Å². The van der Waals surface area contributed by atoms with E-state index < -0.39 is 4.92 Å². The zero-order valence-electron chi connectivity index (χ0n) is 8.97. The van der Waals surface area contributed by atoms with Gasteiger partial charge in [-0.25, -0.2) is 0 Å². The van der Waals surface area contributed by atoms with Crippen molar-refractivity contribution in [2.45, 2.75) is 6.04 Å². The number of nitro groups is 1. The quantitative estimate of drug-likeness (QED) is 0.538. The van der Waals surface area contributed by atoms with Crippen LogP contribution in [0, 0.1) is 10.1 Å². The smallest absolute Gasteiger partial charge is 0.270 e. The lowest BCUT2D eigenvalue weighted by atomic mass is 10.1. The molecule has 6 nitrogen and oxygen atoms in total. The van der Waals surface area contributed by atoms with Crippen LogP contribution < -0.4 is 5.32 Å². The van der Waals surface area contributed by atoms with Gasteiger partial charge in [-0.2, -0.15) is 0 Å². The molecule has 0 aliphatic heterocycles. The van der Waals surface area contributed by atoms with Crippen LogP contribution in [0.5, 0.6) is 0 Å². The number of aliphatic hydroxyl groups is 2. The molecule has 1 aromatic carbocycles. The summed E-state index contributed by atoms with van der Waals surface area (Å²) in [6.07, 6.45) is 0. The van der Waals surface area contributed by atoms with Crippen molar-refractivity contribution >= 4 is 21.6 Å². The predicted molar refractivity (Wildman–Crippen MR) is 65.7 cm³/mol. The first kappa shape index (κ1) is 14.0. The van der Waals surface area contributed by atoms with Crippen LogP contribution in [0.4, 0.5) is 5.69 Å². The second-order valence-corrected chi connectivity index (χ2v) is 4.23. The van der Waals surface area contributed by atoms with E-state index in [-0.39, 0.29) is 24.9 Å². The lowest BCUT2D eigenvalue weighted by Gasteiger charge is -2.17. The first-order valence-electron chi connectivity index (χ1n) is 4.99. The maximum atomic E-state index is 10.6. The molecule has 1 rings (SSSR count). The van der Waals surface area contributed by atoms with Gasteiger partial charge in [0.1, 0.15) is 0 Å². The molecule has 0 aromatic heterocycles. The fourth-order valence-electron chi connectivity index (χ4n) is 1.42.